The Bertz CT molecular complexity index is 303. The van der Waals surface area contributed by atoms with Crippen molar-refractivity contribution < 1.29 is 19.4 Å². The van der Waals surface area contributed by atoms with Gasteiger partial charge in [-0.1, -0.05) is 0 Å². The first kappa shape index (κ1) is 15.9. The maximum Gasteiger partial charge on any atom is 0.317 e. The molecule has 0 unspecified atom stereocenters. The summed E-state index contributed by atoms with van der Waals surface area (Å²) in [5.74, 6) is -0.933. The highest BCUT2D eigenvalue weighted by atomic mass is 16.5. The molecule has 19 heavy (non-hydrogen) atoms. The molecule has 0 aromatic heterocycles. The summed E-state index contributed by atoms with van der Waals surface area (Å²) >= 11 is 0. The lowest BCUT2D eigenvalue weighted by Crippen LogP contribution is -2.47. The van der Waals surface area contributed by atoms with E-state index in [2.05, 4.69) is 0 Å². The second-order valence-corrected chi connectivity index (χ2v) is 4.90. The fraction of sp³-hybridized carbons (Fsp3) is 0.833. The van der Waals surface area contributed by atoms with Gasteiger partial charge in [-0.3, -0.25) is 14.5 Å². The second-order valence-electron chi connectivity index (χ2n) is 4.90. The molecule has 0 bridgehead atoms. The molecule has 0 saturated carbocycles. The van der Waals surface area contributed by atoms with Crippen LogP contribution in [-0.2, 0) is 14.3 Å². The number of nitrogens with zero attached hydrogens (tertiary/aromatic N) is 3. The number of carbonyl (C=O) groups excluding carboxylic acids is 1. The average molecular weight is 273 g/mol. The van der Waals surface area contributed by atoms with Gasteiger partial charge in [-0.15, -0.1) is 0 Å². The molecule has 1 heterocycles. The molecule has 1 aliphatic heterocycles. The van der Waals surface area contributed by atoms with Crippen molar-refractivity contribution >= 4 is 11.9 Å². The van der Waals surface area contributed by atoms with E-state index in [1.807, 2.05) is 19.0 Å². The number of likely N-dealkylation sites (N-methyl/N-ethyl adjacent to an activating group) is 1. The van der Waals surface area contributed by atoms with E-state index >= 15 is 0 Å². The van der Waals surface area contributed by atoms with Gasteiger partial charge in [-0.25, -0.2) is 0 Å². The van der Waals surface area contributed by atoms with Crippen molar-refractivity contribution in [2.24, 2.45) is 0 Å². The van der Waals surface area contributed by atoms with Gasteiger partial charge >= 0.3 is 5.97 Å². The Kier molecular flexibility index (Phi) is 6.75. The molecule has 7 heteroatoms. The highest BCUT2D eigenvalue weighted by Gasteiger charge is 2.20. The summed E-state index contributed by atoms with van der Waals surface area (Å²) in [5, 5.41) is 8.87. The molecule has 1 N–H and O–H groups in total. The van der Waals surface area contributed by atoms with Crippen LogP contribution in [0.2, 0.25) is 0 Å². The van der Waals surface area contributed by atoms with Crippen LogP contribution in [0.25, 0.3) is 0 Å². The molecule has 1 aliphatic rings. The Morgan fingerprint density at radius 3 is 2.32 bits per heavy atom. The lowest BCUT2D eigenvalue weighted by molar-refractivity contribution is -0.141. The van der Waals surface area contributed by atoms with E-state index in [1.165, 1.54) is 0 Å². The summed E-state index contributed by atoms with van der Waals surface area (Å²) in [6, 6.07) is 0. The van der Waals surface area contributed by atoms with E-state index < -0.39 is 5.97 Å². The van der Waals surface area contributed by atoms with Gasteiger partial charge in [0.2, 0.25) is 5.91 Å². The van der Waals surface area contributed by atoms with Gasteiger partial charge < -0.3 is 19.6 Å². The summed E-state index contributed by atoms with van der Waals surface area (Å²) < 4.78 is 5.19. The lowest BCUT2D eigenvalue weighted by Gasteiger charge is -2.29. The molecular formula is C12H23N3O4. The normalized spacial score (nSPS) is 16.1. The minimum Gasteiger partial charge on any atom is -0.480 e. The van der Waals surface area contributed by atoms with Crippen LogP contribution in [0.5, 0.6) is 0 Å². The highest BCUT2D eigenvalue weighted by Crippen LogP contribution is 2.00. The summed E-state index contributed by atoms with van der Waals surface area (Å²) in [6.45, 7) is 3.63. The molecule has 0 aromatic rings. The van der Waals surface area contributed by atoms with Gasteiger partial charge in [0.1, 0.15) is 0 Å². The Labute approximate surface area is 113 Å². The highest BCUT2D eigenvalue weighted by molar-refractivity contribution is 5.79. The number of morpholine rings is 1. The summed E-state index contributed by atoms with van der Waals surface area (Å²) in [4.78, 5) is 28.2. The Morgan fingerprint density at radius 2 is 1.79 bits per heavy atom. The third-order valence-electron chi connectivity index (χ3n) is 2.94. The summed E-state index contributed by atoms with van der Waals surface area (Å²) in [5.41, 5.74) is 0. The van der Waals surface area contributed by atoms with Crippen LogP contribution in [0.1, 0.15) is 0 Å². The predicted octanol–water partition coefficient (Wildman–Crippen LogP) is -1.21. The van der Waals surface area contributed by atoms with Crippen molar-refractivity contribution in [1.82, 2.24) is 14.7 Å². The number of carboxylic acids is 1. The Balaban J connectivity index is 2.44. The van der Waals surface area contributed by atoms with Crippen LogP contribution in [-0.4, -0.2) is 98.3 Å². The zero-order chi connectivity index (χ0) is 14.3. The first-order chi connectivity index (χ1) is 8.99. The van der Waals surface area contributed by atoms with E-state index in [0.717, 1.165) is 6.54 Å². The maximum absolute atomic E-state index is 12.1. The zero-order valence-corrected chi connectivity index (χ0v) is 11.7. The SMILES string of the molecule is CN(C)CCN(CC(=O)O)CC(=O)N1CCOCC1. The van der Waals surface area contributed by atoms with E-state index in [0.29, 0.717) is 32.8 Å². The van der Waals surface area contributed by atoms with Gasteiger partial charge in [0.05, 0.1) is 26.3 Å². The maximum atomic E-state index is 12.1. The second kappa shape index (κ2) is 8.08. The molecule has 7 nitrogen and oxygen atoms in total. The zero-order valence-electron chi connectivity index (χ0n) is 11.7. The number of carbonyl (C=O) groups is 2. The summed E-state index contributed by atoms with van der Waals surface area (Å²) in [6.07, 6.45) is 0. The molecule has 0 aliphatic carbocycles. The number of ether oxygens (including phenoxy) is 1. The fourth-order valence-electron chi connectivity index (χ4n) is 1.85. The molecule has 1 fully saturated rings. The molecule has 1 amide bonds. The van der Waals surface area contributed by atoms with Crippen molar-refractivity contribution in [2.45, 2.75) is 0 Å². The average Bonchev–Trinajstić information content (AvgIpc) is 2.36. The van der Waals surface area contributed by atoms with Gasteiger partial charge in [0.15, 0.2) is 0 Å². The Hall–Kier alpha value is -1.18. The third kappa shape index (κ3) is 6.51. The quantitative estimate of drug-likeness (QED) is 0.628. The van der Waals surface area contributed by atoms with Crippen LogP contribution in [0.15, 0.2) is 0 Å². The standard InChI is InChI=1S/C12H23N3O4/c1-13(2)3-4-14(10-12(17)18)9-11(16)15-5-7-19-8-6-15/h3-10H2,1-2H3,(H,17,18). The van der Waals surface area contributed by atoms with Gasteiger partial charge in [-0.05, 0) is 14.1 Å². The van der Waals surface area contributed by atoms with Crippen LogP contribution < -0.4 is 0 Å². The number of hydrogen-bond donors (Lipinski definition) is 1. The molecule has 0 radical (unpaired) electrons. The van der Waals surface area contributed by atoms with Gasteiger partial charge in [0.25, 0.3) is 0 Å². The van der Waals surface area contributed by atoms with Gasteiger partial charge in [-0.2, -0.15) is 0 Å². The minimum absolute atomic E-state index is 0.0247. The van der Waals surface area contributed by atoms with Crippen molar-refractivity contribution in [3.63, 3.8) is 0 Å². The largest absolute Gasteiger partial charge is 0.480 e. The van der Waals surface area contributed by atoms with E-state index in [-0.39, 0.29) is 19.0 Å². The first-order valence-electron chi connectivity index (χ1n) is 6.43. The van der Waals surface area contributed by atoms with Crippen LogP contribution in [0.3, 0.4) is 0 Å². The van der Waals surface area contributed by atoms with Crippen molar-refractivity contribution in [3.8, 4) is 0 Å². The van der Waals surface area contributed by atoms with Crippen molar-refractivity contribution in [3.05, 3.63) is 0 Å². The van der Waals surface area contributed by atoms with Crippen LogP contribution in [0.4, 0.5) is 0 Å². The predicted molar refractivity (Wildman–Crippen MR) is 70.0 cm³/mol. The number of amides is 1. The minimum atomic E-state index is -0.909. The molecule has 0 aromatic carbocycles. The molecule has 1 saturated heterocycles. The van der Waals surface area contributed by atoms with Crippen LogP contribution >= 0.6 is 0 Å². The number of hydrogen-bond acceptors (Lipinski definition) is 5. The molecule has 110 valence electrons. The van der Waals surface area contributed by atoms with Crippen molar-refractivity contribution in [1.29, 1.82) is 0 Å². The van der Waals surface area contributed by atoms with E-state index in [4.69, 9.17) is 9.84 Å². The fourth-order valence-corrected chi connectivity index (χ4v) is 1.85. The first-order valence-corrected chi connectivity index (χ1v) is 6.43. The van der Waals surface area contributed by atoms with E-state index in [1.54, 1.807) is 9.80 Å². The molecular weight excluding hydrogens is 250 g/mol. The van der Waals surface area contributed by atoms with Crippen LogP contribution in [0, 0.1) is 0 Å². The molecule has 1 rings (SSSR count). The monoisotopic (exact) mass is 273 g/mol. The van der Waals surface area contributed by atoms with E-state index in [9.17, 15) is 9.59 Å². The van der Waals surface area contributed by atoms with Gasteiger partial charge in [0, 0.05) is 26.2 Å². The molecule has 0 spiro atoms. The summed E-state index contributed by atoms with van der Waals surface area (Å²) in [7, 11) is 3.84. The van der Waals surface area contributed by atoms with Crippen molar-refractivity contribution in [2.75, 3.05) is 66.6 Å². The smallest absolute Gasteiger partial charge is 0.317 e. The number of aliphatic carboxylic acids is 1. The third-order valence-corrected chi connectivity index (χ3v) is 2.94. The number of carboxylic acid groups (broad SMARTS) is 1. The number of rotatable bonds is 7. The lowest BCUT2D eigenvalue weighted by atomic mass is 10.3. The topological polar surface area (TPSA) is 73.3 Å². The molecule has 0 atom stereocenters. The Morgan fingerprint density at radius 1 is 1.16 bits per heavy atom.